The number of nitrogens with zero attached hydrogens (tertiary/aromatic N) is 1. The van der Waals surface area contributed by atoms with Crippen LogP contribution in [0.25, 0.3) is 21.7 Å². The van der Waals surface area contributed by atoms with Crippen molar-refractivity contribution in [3.8, 4) is 0 Å². The van der Waals surface area contributed by atoms with Gasteiger partial charge in [-0.1, -0.05) is 30.3 Å². The average molecular weight is 222 g/mol. The Kier molecular flexibility index (Phi) is 2.05. The lowest BCUT2D eigenvalue weighted by Gasteiger charge is -2.10. The third kappa shape index (κ3) is 1.37. The van der Waals surface area contributed by atoms with Crippen LogP contribution >= 0.6 is 0 Å². The molecule has 0 saturated heterocycles. The van der Waals surface area contributed by atoms with Crippen LogP contribution in [0.2, 0.25) is 0 Å². The number of rotatable bonds is 0. The molecular weight excluding hydrogens is 208 g/mol. The number of nitrogen functional groups attached to an aromatic ring is 1. The van der Waals surface area contributed by atoms with Crippen molar-refractivity contribution in [1.29, 1.82) is 0 Å². The summed E-state index contributed by atoms with van der Waals surface area (Å²) in [6.45, 7) is 4.24. The van der Waals surface area contributed by atoms with Crippen LogP contribution in [0, 0.1) is 13.8 Å². The summed E-state index contributed by atoms with van der Waals surface area (Å²) in [5, 5.41) is 3.50. The zero-order valence-electron chi connectivity index (χ0n) is 9.99. The van der Waals surface area contributed by atoms with Crippen molar-refractivity contribution in [3.05, 3.63) is 47.5 Å². The lowest BCUT2D eigenvalue weighted by molar-refractivity contribution is 1.41. The van der Waals surface area contributed by atoms with Crippen LogP contribution in [0.3, 0.4) is 0 Å². The van der Waals surface area contributed by atoms with E-state index in [0.717, 1.165) is 10.9 Å². The molecule has 0 saturated carbocycles. The molecule has 3 rings (SSSR count). The van der Waals surface area contributed by atoms with Gasteiger partial charge in [0.05, 0.1) is 5.52 Å². The van der Waals surface area contributed by atoms with Crippen molar-refractivity contribution in [2.24, 2.45) is 0 Å². The van der Waals surface area contributed by atoms with Gasteiger partial charge in [-0.25, -0.2) is 4.98 Å². The first-order valence-corrected chi connectivity index (χ1v) is 5.72. The average Bonchev–Trinajstić information content (AvgIpc) is 2.30. The Morgan fingerprint density at radius 1 is 0.882 bits per heavy atom. The highest BCUT2D eigenvalue weighted by molar-refractivity contribution is 6.12. The summed E-state index contributed by atoms with van der Waals surface area (Å²) >= 11 is 0. The second-order valence-electron chi connectivity index (χ2n) is 4.46. The molecule has 2 N–H and O–H groups in total. The topological polar surface area (TPSA) is 38.9 Å². The van der Waals surface area contributed by atoms with Gasteiger partial charge >= 0.3 is 0 Å². The van der Waals surface area contributed by atoms with E-state index in [2.05, 4.69) is 31.0 Å². The van der Waals surface area contributed by atoms with Gasteiger partial charge in [-0.2, -0.15) is 0 Å². The second-order valence-corrected chi connectivity index (χ2v) is 4.46. The molecule has 1 heterocycles. The standard InChI is InChI=1S/C15H14N2/c1-9-5-3-7-11-13(9)14-10(2)6-4-8-12(14)17-15(11)16/h3-8H,1-2H3,(H2,16,17). The summed E-state index contributed by atoms with van der Waals surface area (Å²) in [7, 11) is 0. The number of aromatic nitrogens is 1. The number of aryl methyl sites for hydroxylation is 2. The van der Waals surface area contributed by atoms with E-state index < -0.39 is 0 Å². The van der Waals surface area contributed by atoms with Crippen LogP contribution in [0.4, 0.5) is 5.82 Å². The molecule has 0 radical (unpaired) electrons. The van der Waals surface area contributed by atoms with Gasteiger partial charge in [0, 0.05) is 10.8 Å². The summed E-state index contributed by atoms with van der Waals surface area (Å²) in [5.74, 6) is 0.613. The van der Waals surface area contributed by atoms with Crippen LogP contribution in [-0.2, 0) is 0 Å². The van der Waals surface area contributed by atoms with Crippen molar-refractivity contribution in [2.45, 2.75) is 13.8 Å². The van der Waals surface area contributed by atoms with E-state index in [9.17, 15) is 0 Å². The molecular formula is C15H14N2. The molecule has 0 unspecified atom stereocenters. The fourth-order valence-corrected chi connectivity index (χ4v) is 2.47. The number of anilines is 1. The van der Waals surface area contributed by atoms with Crippen LogP contribution < -0.4 is 5.73 Å². The fourth-order valence-electron chi connectivity index (χ4n) is 2.47. The van der Waals surface area contributed by atoms with Gasteiger partial charge in [-0.15, -0.1) is 0 Å². The number of benzene rings is 2. The molecule has 0 amide bonds. The van der Waals surface area contributed by atoms with E-state index in [1.807, 2.05) is 24.3 Å². The normalized spacial score (nSPS) is 11.2. The largest absolute Gasteiger partial charge is 0.383 e. The van der Waals surface area contributed by atoms with E-state index >= 15 is 0 Å². The zero-order chi connectivity index (χ0) is 12.0. The summed E-state index contributed by atoms with van der Waals surface area (Å²) in [5.41, 5.74) is 9.50. The number of hydrogen-bond donors (Lipinski definition) is 1. The molecule has 1 aromatic heterocycles. The van der Waals surface area contributed by atoms with Crippen molar-refractivity contribution < 1.29 is 0 Å². The van der Waals surface area contributed by atoms with Crippen molar-refractivity contribution in [3.63, 3.8) is 0 Å². The molecule has 3 aromatic rings. The highest BCUT2D eigenvalue weighted by Gasteiger charge is 2.09. The number of pyridine rings is 1. The molecule has 17 heavy (non-hydrogen) atoms. The maximum Gasteiger partial charge on any atom is 0.132 e. The summed E-state index contributed by atoms with van der Waals surface area (Å²) in [6, 6.07) is 12.3. The predicted molar refractivity (Wildman–Crippen MR) is 73.1 cm³/mol. The molecule has 2 aromatic carbocycles. The van der Waals surface area contributed by atoms with Crippen LogP contribution in [0.5, 0.6) is 0 Å². The quantitative estimate of drug-likeness (QED) is 0.590. The number of fused-ring (bicyclic) bond motifs is 3. The lowest BCUT2D eigenvalue weighted by atomic mass is 9.98. The Balaban J connectivity index is 2.70. The monoisotopic (exact) mass is 222 g/mol. The van der Waals surface area contributed by atoms with E-state index in [1.54, 1.807) is 0 Å². The van der Waals surface area contributed by atoms with Gasteiger partial charge in [0.1, 0.15) is 5.82 Å². The lowest BCUT2D eigenvalue weighted by Crippen LogP contribution is -1.95. The van der Waals surface area contributed by atoms with E-state index in [0.29, 0.717) is 5.82 Å². The minimum Gasteiger partial charge on any atom is -0.383 e. The summed E-state index contributed by atoms with van der Waals surface area (Å²) in [4.78, 5) is 4.48. The number of hydrogen-bond acceptors (Lipinski definition) is 2. The first-order chi connectivity index (χ1) is 8.18. The summed E-state index contributed by atoms with van der Waals surface area (Å²) in [6.07, 6.45) is 0. The minimum absolute atomic E-state index is 0.613. The SMILES string of the molecule is Cc1cccc2nc(N)c3cccc(C)c3c12. The van der Waals surface area contributed by atoms with Gasteiger partial charge in [0.25, 0.3) is 0 Å². The highest BCUT2D eigenvalue weighted by Crippen LogP contribution is 2.31. The predicted octanol–water partition coefficient (Wildman–Crippen LogP) is 3.59. The van der Waals surface area contributed by atoms with Crippen LogP contribution in [0.1, 0.15) is 11.1 Å². The molecule has 84 valence electrons. The van der Waals surface area contributed by atoms with Gasteiger partial charge in [-0.05, 0) is 36.4 Å². The molecule has 2 heteroatoms. The van der Waals surface area contributed by atoms with Crippen molar-refractivity contribution >= 4 is 27.5 Å². The van der Waals surface area contributed by atoms with Crippen LogP contribution in [-0.4, -0.2) is 4.98 Å². The molecule has 0 aliphatic carbocycles. The Bertz CT molecular complexity index is 730. The third-order valence-corrected chi connectivity index (χ3v) is 3.29. The first-order valence-electron chi connectivity index (χ1n) is 5.72. The zero-order valence-corrected chi connectivity index (χ0v) is 9.99. The third-order valence-electron chi connectivity index (χ3n) is 3.29. The molecule has 0 bridgehead atoms. The van der Waals surface area contributed by atoms with E-state index in [4.69, 9.17) is 5.73 Å². The maximum absolute atomic E-state index is 6.03. The molecule has 0 aliphatic rings. The molecule has 0 aliphatic heterocycles. The molecule has 0 spiro atoms. The maximum atomic E-state index is 6.03. The second kappa shape index (κ2) is 3.45. The number of nitrogens with two attached hydrogens (primary N) is 1. The van der Waals surface area contributed by atoms with Gasteiger partial charge in [0.15, 0.2) is 0 Å². The van der Waals surface area contributed by atoms with Crippen LogP contribution in [0.15, 0.2) is 36.4 Å². The Morgan fingerprint density at radius 2 is 1.53 bits per heavy atom. The Morgan fingerprint density at radius 3 is 2.29 bits per heavy atom. The minimum atomic E-state index is 0.613. The smallest absolute Gasteiger partial charge is 0.132 e. The van der Waals surface area contributed by atoms with Gasteiger partial charge in [0.2, 0.25) is 0 Å². The Hall–Kier alpha value is -2.09. The van der Waals surface area contributed by atoms with E-state index in [-0.39, 0.29) is 0 Å². The van der Waals surface area contributed by atoms with Gasteiger partial charge < -0.3 is 5.73 Å². The highest BCUT2D eigenvalue weighted by atomic mass is 14.8. The molecule has 0 atom stereocenters. The summed E-state index contributed by atoms with van der Waals surface area (Å²) < 4.78 is 0. The molecule has 0 fully saturated rings. The molecule has 2 nitrogen and oxygen atoms in total. The van der Waals surface area contributed by atoms with Crippen molar-refractivity contribution in [2.75, 3.05) is 5.73 Å². The van der Waals surface area contributed by atoms with E-state index in [1.165, 1.54) is 21.9 Å². The first kappa shape index (κ1) is 10.1. The van der Waals surface area contributed by atoms with Crippen molar-refractivity contribution in [1.82, 2.24) is 4.98 Å². The van der Waals surface area contributed by atoms with Gasteiger partial charge in [-0.3, -0.25) is 0 Å². The fraction of sp³-hybridized carbons (Fsp3) is 0.133. The Labute approximate surface area is 100 Å².